The summed E-state index contributed by atoms with van der Waals surface area (Å²) in [5, 5.41) is 1.49. The van der Waals surface area contributed by atoms with E-state index in [1.807, 2.05) is 24.4 Å². The van der Waals surface area contributed by atoms with Gasteiger partial charge >= 0.3 is 0 Å². The predicted octanol–water partition coefficient (Wildman–Crippen LogP) is 4.29. The van der Waals surface area contributed by atoms with Crippen LogP contribution in [0, 0.1) is 0 Å². The molecular weight excluding hydrogens is 317 g/mol. The average molecular weight is 336 g/mol. The lowest BCUT2D eigenvalue weighted by molar-refractivity contribution is 0.242. The summed E-state index contributed by atoms with van der Waals surface area (Å²) in [6.07, 6.45) is 4.99. The van der Waals surface area contributed by atoms with Crippen molar-refractivity contribution >= 4 is 23.2 Å². The van der Waals surface area contributed by atoms with Crippen LogP contribution in [-0.2, 0) is 25.9 Å². The molecule has 0 amide bonds. The summed E-state index contributed by atoms with van der Waals surface area (Å²) >= 11 is 12.3. The maximum absolute atomic E-state index is 6.26. The molecule has 2 aromatic rings. The van der Waals surface area contributed by atoms with Gasteiger partial charge in [0.2, 0.25) is 0 Å². The summed E-state index contributed by atoms with van der Waals surface area (Å²) in [5.74, 6) is 0.965. The molecule has 1 aromatic carbocycles. The molecule has 22 heavy (non-hydrogen) atoms. The molecule has 1 aliphatic rings. The summed E-state index contributed by atoms with van der Waals surface area (Å²) in [5.41, 5.74) is 3.50. The van der Waals surface area contributed by atoms with Crippen LogP contribution in [0.5, 0.6) is 0 Å². The molecule has 3 nitrogen and oxygen atoms in total. The summed E-state index contributed by atoms with van der Waals surface area (Å²) in [7, 11) is 0. The van der Waals surface area contributed by atoms with Crippen molar-refractivity contribution in [3.63, 3.8) is 0 Å². The van der Waals surface area contributed by atoms with Gasteiger partial charge in [-0.1, -0.05) is 30.1 Å². The first-order valence-corrected chi connectivity index (χ1v) is 8.41. The van der Waals surface area contributed by atoms with Crippen molar-refractivity contribution in [2.75, 3.05) is 6.54 Å². The predicted molar refractivity (Wildman–Crippen MR) is 90.3 cm³/mol. The number of benzene rings is 1. The van der Waals surface area contributed by atoms with E-state index < -0.39 is 0 Å². The van der Waals surface area contributed by atoms with Crippen molar-refractivity contribution in [3.8, 4) is 0 Å². The Bertz CT molecular complexity index is 673. The monoisotopic (exact) mass is 335 g/mol. The number of fused-ring (bicyclic) bond motifs is 1. The van der Waals surface area contributed by atoms with Crippen LogP contribution in [0.4, 0.5) is 0 Å². The maximum Gasteiger partial charge on any atom is 0.128 e. The molecule has 0 aliphatic carbocycles. The van der Waals surface area contributed by atoms with E-state index in [-0.39, 0.29) is 0 Å². The fraction of sp³-hybridized carbons (Fsp3) is 0.412. The van der Waals surface area contributed by atoms with E-state index in [1.165, 1.54) is 11.3 Å². The van der Waals surface area contributed by atoms with Crippen LogP contribution < -0.4 is 0 Å². The Hall–Kier alpha value is -1.16. The van der Waals surface area contributed by atoms with Crippen molar-refractivity contribution in [2.24, 2.45) is 0 Å². The molecule has 0 radical (unpaired) electrons. The zero-order valence-corrected chi connectivity index (χ0v) is 14.2. The van der Waals surface area contributed by atoms with E-state index >= 15 is 0 Å². The van der Waals surface area contributed by atoms with Crippen LogP contribution in [0.3, 0.4) is 0 Å². The van der Waals surface area contributed by atoms with Crippen molar-refractivity contribution < 1.29 is 0 Å². The van der Waals surface area contributed by atoms with Crippen molar-refractivity contribution in [1.82, 2.24) is 14.9 Å². The van der Waals surface area contributed by atoms with E-state index in [9.17, 15) is 0 Å². The van der Waals surface area contributed by atoms with E-state index in [0.717, 1.165) is 60.3 Å². The topological polar surface area (TPSA) is 29.0 Å². The number of aryl methyl sites for hydroxylation is 1. The normalized spacial score (nSPS) is 14.9. The minimum Gasteiger partial charge on any atom is -0.294 e. The van der Waals surface area contributed by atoms with E-state index in [0.29, 0.717) is 0 Å². The van der Waals surface area contributed by atoms with Gasteiger partial charge in [-0.2, -0.15) is 0 Å². The molecule has 2 heterocycles. The lowest BCUT2D eigenvalue weighted by Gasteiger charge is -2.28. The summed E-state index contributed by atoms with van der Waals surface area (Å²) < 4.78 is 0. The summed E-state index contributed by atoms with van der Waals surface area (Å²) in [6, 6.07) is 5.62. The molecule has 3 rings (SSSR count). The first-order chi connectivity index (χ1) is 10.7. The Morgan fingerprint density at radius 3 is 2.95 bits per heavy atom. The molecule has 1 aromatic heterocycles. The molecular formula is C17H19Cl2N3. The van der Waals surface area contributed by atoms with Crippen LogP contribution in [0.2, 0.25) is 10.0 Å². The highest BCUT2D eigenvalue weighted by atomic mass is 35.5. The molecule has 0 bridgehead atoms. The van der Waals surface area contributed by atoms with Gasteiger partial charge < -0.3 is 0 Å². The third kappa shape index (κ3) is 3.60. The molecule has 0 fully saturated rings. The van der Waals surface area contributed by atoms with Gasteiger partial charge in [-0.25, -0.2) is 9.97 Å². The van der Waals surface area contributed by atoms with Gasteiger partial charge in [0.05, 0.1) is 0 Å². The lowest BCUT2D eigenvalue weighted by Crippen LogP contribution is -2.31. The Morgan fingerprint density at radius 1 is 1.27 bits per heavy atom. The van der Waals surface area contributed by atoms with Gasteiger partial charge in [0.25, 0.3) is 0 Å². The van der Waals surface area contributed by atoms with Crippen molar-refractivity contribution in [3.05, 3.63) is 57.1 Å². The number of hydrogen-bond donors (Lipinski definition) is 0. The van der Waals surface area contributed by atoms with Crippen LogP contribution in [0.1, 0.15) is 36.0 Å². The van der Waals surface area contributed by atoms with Crippen LogP contribution >= 0.6 is 23.2 Å². The van der Waals surface area contributed by atoms with Gasteiger partial charge in [-0.3, -0.25) is 4.90 Å². The molecule has 116 valence electrons. The second kappa shape index (κ2) is 6.95. The second-order valence-corrected chi connectivity index (χ2v) is 6.55. The highest BCUT2D eigenvalue weighted by Gasteiger charge is 2.19. The van der Waals surface area contributed by atoms with E-state index in [1.54, 1.807) is 0 Å². The molecule has 0 unspecified atom stereocenters. The van der Waals surface area contributed by atoms with Crippen LogP contribution in [-0.4, -0.2) is 21.4 Å². The van der Waals surface area contributed by atoms with Gasteiger partial charge in [0.1, 0.15) is 5.82 Å². The molecule has 5 heteroatoms. The van der Waals surface area contributed by atoms with Crippen LogP contribution in [0.25, 0.3) is 0 Å². The average Bonchev–Trinajstić information content (AvgIpc) is 2.51. The Kier molecular flexibility index (Phi) is 4.97. The smallest absolute Gasteiger partial charge is 0.128 e. The number of aromatic nitrogens is 2. The minimum absolute atomic E-state index is 0.726. The maximum atomic E-state index is 6.26. The number of hydrogen-bond acceptors (Lipinski definition) is 3. The number of halogens is 2. The Labute approximate surface area is 141 Å². The fourth-order valence-corrected chi connectivity index (χ4v) is 3.17. The summed E-state index contributed by atoms with van der Waals surface area (Å²) in [4.78, 5) is 11.5. The van der Waals surface area contributed by atoms with Crippen molar-refractivity contribution in [1.29, 1.82) is 0 Å². The highest BCUT2D eigenvalue weighted by Crippen LogP contribution is 2.24. The van der Waals surface area contributed by atoms with Gasteiger partial charge in [-0.15, -0.1) is 0 Å². The quantitative estimate of drug-likeness (QED) is 0.834. The molecule has 0 saturated heterocycles. The molecule has 0 atom stereocenters. The summed E-state index contributed by atoms with van der Waals surface area (Å²) in [6.45, 7) is 4.80. The zero-order valence-electron chi connectivity index (χ0n) is 12.6. The molecule has 0 spiro atoms. The minimum atomic E-state index is 0.726. The largest absolute Gasteiger partial charge is 0.294 e. The second-order valence-electron chi connectivity index (χ2n) is 5.70. The number of nitrogens with zero attached hydrogens (tertiary/aromatic N) is 3. The first-order valence-electron chi connectivity index (χ1n) is 7.65. The molecule has 0 N–H and O–H groups in total. The molecule has 1 aliphatic heterocycles. The first kappa shape index (κ1) is 15.7. The van der Waals surface area contributed by atoms with Gasteiger partial charge in [0, 0.05) is 60.0 Å². The Morgan fingerprint density at radius 2 is 2.14 bits per heavy atom. The third-order valence-corrected chi connectivity index (χ3v) is 4.54. The fourth-order valence-electron chi connectivity index (χ4n) is 2.80. The standard InChI is InChI=1S/C17H19Cl2N3/c1-2-3-17-20-9-13-11-22(7-6-16(13)21-17)10-12-8-14(18)4-5-15(12)19/h4-5,8-9H,2-3,6-7,10-11H2,1H3. The molecule has 0 saturated carbocycles. The van der Waals surface area contributed by atoms with Crippen molar-refractivity contribution in [2.45, 2.75) is 39.3 Å². The lowest BCUT2D eigenvalue weighted by atomic mass is 10.1. The van der Waals surface area contributed by atoms with E-state index in [4.69, 9.17) is 28.2 Å². The van der Waals surface area contributed by atoms with Gasteiger partial charge in [-0.05, 0) is 30.2 Å². The highest BCUT2D eigenvalue weighted by molar-refractivity contribution is 6.33. The van der Waals surface area contributed by atoms with Crippen LogP contribution in [0.15, 0.2) is 24.4 Å². The third-order valence-electron chi connectivity index (χ3n) is 3.94. The zero-order chi connectivity index (χ0) is 15.5. The van der Waals surface area contributed by atoms with Gasteiger partial charge in [0.15, 0.2) is 0 Å². The van der Waals surface area contributed by atoms with E-state index in [2.05, 4.69) is 16.8 Å². The Balaban J connectivity index is 1.73. The number of rotatable bonds is 4. The SMILES string of the molecule is CCCc1ncc2c(n1)CCN(Cc1cc(Cl)ccc1Cl)C2.